The normalized spacial score (nSPS) is 18.1. The quantitative estimate of drug-likeness (QED) is 0.849. The lowest BCUT2D eigenvalue weighted by molar-refractivity contribution is -0.130. The van der Waals surface area contributed by atoms with Crippen LogP contribution in [0, 0.1) is 5.82 Å². The fraction of sp³-hybridized carbons (Fsp3) is 0.429. The SMILES string of the molecule is O=C(CCn1cnnn1)N1CC[C@@H](c2ccccc2F)C1. The van der Waals surface area contributed by atoms with E-state index in [0.29, 0.717) is 31.6 Å². The van der Waals surface area contributed by atoms with E-state index in [9.17, 15) is 9.18 Å². The lowest BCUT2D eigenvalue weighted by Crippen LogP contribution is -2.29. The van der Waals surface area contributed by atoms with Crippen LogP contribution in [-0.4, -0.2) is 44.1 Å². The summed E-state index contributed by atoms with van der Waals surface area (Å²) < 4.78 is 15.3. The highest BCUT2D eigenvalue weighted by molar-refractivity contribution is 5.76. The number of amides is 1. The molecule has 6 nitrogen and oxygen atoms in total. The van der Waals surface area contributed by atoms with Crippen molar-refractivity contribution in [3.8, 4) is 0 Å². The number of aromatic nitrogens is 4. The van der Waals surface area contributed by atoms with Crippen LogP contribution in [0.25, 0.3) is 0 Å². The predicted molar refractivity (Wildman–Crippen MR) is 72.8 cm³/mol. The Bertz CT molecular complexity index is 616. The van der Waals surface area contributed by atoms with E-state index in [1.54, 1.807) is 17.0 Å². The van der Waals surface area contributed by atoms with Gasteiger partial charge in [-0.3, -0.25) is 4.79 Å². The van der Waals surface area contributed by atoms with Crippen molar-refractivity contribution in [1.29, 1.82) is 0 Å². The maximum absolute atomic E-state index is 13.8. The first-order chi connectivity index (χ1) is 10.2. The van der Waals surface area contributed by atoms with Crippen molar-refractivity contribution in [3.63, 3.8) is 0 Å². The molecule has 110 valence electrons. The van der Waals surface area contributed by atoms with Gasteiger partial charge < -0.3 is 4.90 Å². The Morgan fingerprint density at radius 2 is 2.24 bits per heavy atom. The summed E-state index contributed by atoms with van der Waals surface area (Å²) in [6.45, 7) is 1.72. The van der Waals surface area contributed by atoms with Crippen molar-refractivity contribution >= 4 is 5.91 Å². The fourth-order valence-corrected chi connectivity index (χ4v) is 2.70. The Morgan fingerprint density at radius 3 is 3.00 bits per heavy atom. The monoisotopic (exact) mass is 289 g/mol. The summed E-state index contributed by atoms with van der Waals surface area (Å²) in [6, 6.07) is 6.79. The van der Waals surface area contributed by atoms with Crippen LogP contribution >= 0.6 is 0 Å². The van der Waals surface area contributed by atoms with E-state index < -0.39 is 0 Å². The third-order valence-electron chi connectivity index (χ3n) is 3.83. The van der Waals surface area contributed by atoms with Crippen molar-refractivity contribution in [2.24, 2.45) is 0 Å². The number of aryl methyl sites for hydroxylation is 1. The number of likely N-dealkylation sites (tertiary alicyclic amines) is 1. The summed E-state index contributed by atoms with van der Waals surface area (Å²) in [6.07, 6.45) is 2.64. The molecule has 0 spiro atoms. The second-order valence-corrected chi connectivity index (χ2v) is 5.17. The molecule has 1 fully saturated rings. The summed E-state index contributed by atoms with van der Waals surface area (Å²) in [7, 11) is 0. The Morgan fingerprint density at radius 1 is 1.38 bits per heavy atom. The first kappa shape index (κ1) is 13.7. The molecular formula is C14H16FN5O. The van der Waals surface area contributed by atoms with Crippen LogP contribution in [0.15, 0.2) is 30.6 Å². The van der Waals surface area contributed by atoms with Gasteiger partial charge in [-0.2, -0.15) is 0 Å². The van der Waals surface area contributed by atoms with E-state index in [2.05, 4.69) is 15.5 Å². The highest BCUT2D eigenvalue weighted by Crippen LogP contribution is 2.29. The average molecular weight is 289 g/mol. The van der Waals surface area contributed by atoms with E-state index in [-0.39, 0.29) is 17.6 Å². The number of hydrogen-bond donors (Lipinski definition) is 0. The zero-order chi connectivity index (χ0) is 14.7. The molecule has 7 heteroatoms. The molecule has 1 aromatic heterocycles. The number of rotatable bonds is 4. The van der Waals surface area contributed by atoms with E-state index >= 15 is 0 Å². The minimum Gasteiger partial charge on any atom is -0.342 e. The van der Waals surface area contributed by atoms with Crippen molar-refractivity contribution in [2.75, 3.05) is 13.1 Å². The molecule has 0 aliphatic carbocycles. The molecule has 1 aliphatic rings. The molecule has 1 aromatic carbocycles. The van der Waals surface area contributed by atoms with Gasteiger partial charge >= 0.3 is 0 Å². The second-order valence-electron chi connectivity index (χ2n) is 5.17. The predicted octanol–water partition coefficient (Wildman–Crippen LogP) is 1.22. The number of tetrazole rings is 1. The lowest BCUT2D eigenvalue weighted by atomic mass is 9.98. The Kier molecular flexibility index (Phi) is 3.89. The molecule has 0 N–H and O–H groups in total. The molecule has 1 saturated heterocycles. The lowest BCUT2D eigenvalue weighted by Gasteiger charge is -2.16. The van der Waals surface area contributed by atoms with Crippen molar-refractivity contribution in [2.45, 2.75) is 25.3 Å². The third-order valence-corrected chi connectivity index (χ3v) is 3.83. The minimum absolute atomic E-state index is 0.0596. The van der Waals surface area contributed by atoms with Gasteiger partial charge in [-0.1, -0.05) is 18.2 Å². The summed E-state index contributed by atoms with van der Waals surface area (Å²) in [5.74, 6) is -0.0435. The Labute approximate surface area is 121 Å². The summed E-state index contributed by atoms with van der Waals surface area (Å²) in [4.78, 5) is 13.9. The van der Waals surface area contributed by atoms with Crippen LogP contribution in [0.5, 0.6) is 0 Å². The maximum Gasteiger partial charge on any atom is 0.224 e. The minimum atomic E-state index is -0.189. The number of halogens is 1. The van der Waals surface area contributed by atoms with Crippen LogP contribution in [0.2, 0.25) is 0 Å². The molecule has 0 saturated carbocycles. The Hall–Kier alpha value is -2.31. The highest BCUT2D eigenvalue weighted by atomic mass is 19.1. The van der Waals surface area contributed by atoms with E-state index in [0.717, 1.165) is 6.42 Å². The van der Waals surface area contributed by atoms with E-state index in [1.165, 1.54) is 17.1 Å². The smallest absolute Gasteiger partial charge is 0.224 e. The fourth-order valence-electron chi connectivity index (χ4n) is 2.70. The van der Waals surface area contributed by atoms with Crippen LogP contribution < -0.4 is 0 Å². The summed E-state index contributed by atoms with van der Waals surface area (Å²) >= 11 is 0. The zero-order valence-electron chi connectivity index (χ0n) is 11.5. The zero-order valence-corrected chi connectivity index (χ0v) is 11.5. The third kappa shape index (κ3) is 3.07. The van der Waals surface area contributed by atoms with Gasteiger partial charge in [-0.05, 0) is 28.5 Å². The summed E-state index contributed by atoms with van der Waals surface area (Å²) in [5.41, 5.74) is 0.702. The van der Waals surface area contributed by atoms with Crippen molar-refractivity contribution < 1.29 is 9.18 Å². The van der Waals surface area contributed by atoms with Crippen molar-refractivity contribution in [3.05, 3.63) is 42.0 Å². The number of nitrogens with zero attached hydrogens (tertiary/aromatic N) is 5. The Balaban J connectivity index is 1.57. The molecule has 2 heterocycles. The first-order valence-electron chi connectivity index (χ1n) is 6.97. The van der Waals surface area contributed by atoms with E-state index in [4.69, 9.17) is 0 Å². The van der Waals surface area contributed by atoms with Crippen LogP contribution in [0.1, 0.15) is 24.3 Å². The number of hydrogen-bond acceptors (Lipinski definition) is 4. The largest absolute Gasteiger partial charge is 0.342 e. The molecule has 1 amide bonds. The molecular weight excluding hydrogens is 273 g/mol. The van der Waals surface area contributed by atoms with Gasteiger partial charge in [-0.15, -0.1) is 5.10 Å². The standard InChI is InChI=1S/C14H16FN5O/c15-13-4-2-1-3-12(13)11-5-7-19(9-11)14(21)6-8-20-10-16-17-18-20/h1-4,10-11H,5-9H2/t11-/m1/s1. The van der Waals surface area contributed by atoms with E-state index in [1.807, 2.05) is 6.07 Å². The number of benzene rings is 1. The topological polar surface area (TPSA) is 63.9 Å². The molecule has 2 aromatic rings. The first-order valence-corrected chi connectivity index (χ1v) is 6.97. The van der Waals surface area contributed by atoms with Gasteiger partial charge in [0.05, 0.1) is 6.54 Å². The van der Waals surface area contributed by atoms with Gasteiger partial charge in [0, 0.05) is 25.4 Å². The van der Waals surface area contributed by atoms with Crippen LogP contribution in [-0.2, 0) is 11.3 Å². The molecule has 0 unspecified atom stereocenters. The van der Waals surface area contributed by atoms with Crippen molar-refractivity contribution in [1.82, 2.24) is 25.1 Å². The molecule has 3 rings (SSSR count). The maximum atomic E-state index is 13.8. The van der Waals surface area contributed by atoms with Gasteiger partial charge in [0.2, 0.25) is 5.91 Å². The molecule has 0 bridgehead atoms. The second kappa shape index (κ2) is 5.99. The number of carbonyl (C=O) groups is 1. The highest BCUT2D eigenvalue weighted by Gasteiger charge is 2.28. The summed E-state index contributed by atoms with van der Waals surface area (Å²) in [5, 5.41) is 10.8. The number of carbonyl (C=O) groups excluding carboxylic acids is 1. The van der Waals surface area contributed by atoms with Gasteiger partial charge in [-0.25, -0.2) is 9.07 Å². The van der Waals surface area contributed by atoms with Gasteiger partial charge in [0.15, 0.2) is 0 Å². The van der Waals surface area contributed by atoms with Crippen LogP contribution in [0.3, 0.4) is 0 Å². The van der Waals surface area contributed by atoms with Gasteiger partial charge in [0.25, 0.3) is 0 Å². The molecule has 1 aliphatic heterocycles. The molecule has 21 heavy (non-hydrogen) atoms. The average Bonchev–Trinajstić information content (AvgIpc) is 3.17. The molecule has 1 atom stereocenters. The molecule has 0 radical (unpaired) electrons. The van der Waals surface area contributed by atoms with Gasteiger partial charge in [0.1, 0.15) is 12.1 Å². The van der Waals surface area contributed by atoms with Crippen LogP contribution in [0.4, 0.5) is 4.39 Å².